The summed E-state index contributed by atoms with van der Waals surface area (Å²) in [6, 6.07) is 17.1. The molecule has 2 aromatic carbocycles. The molecule has 162 valence electrons. The highest BCUT2D eigenvalue weighted by Gasteiger charge is 2.20. The van der Waals surface area contributed by atoms with Crippen molar-refractivity contribution in [2.75, 3.05) is 0 Å². The zero-order valence-corrected chi connectivity index (χ0v) is 19.4. The number of nitrogens with zero attached hydrogens (tertiary/aromatic N) is 3. The molecular formula is C28H29N3O. The minimum atomic E-state index is 0.410. The Hall–Kier alpha value is -3.40. The number of benzene rings is 2. The van der Waals surface area contributed by atoms with Gasteiger partial charge < -0.3 is 4.42 Å². The normalized spacial score (nSPS) is 12.0. The molecule has 0 unspecified atom stereocenters. The zero-order chi connectivity index (χ0) is 22.4. The van der Waals surface area contributed by atoms with Gasteiger partial charge in [-0.3, -0.25) is 4.57 Å². The molecule has 0 aliphatic carbocycles. The molecule has 5 aromatic rings. The predicted octanol–water partition coefficient (Wildman–Crippen LogP) is 7.46. The van der Waals surface area contributed by atoms with E-state index in [0.29, 0.717) is 17.5 Å². The van der Waals surface area contributed by atoms with E-state index in [2.05, 4.69) is 87.7 Å². The fourth-order valence-electron chi connectivity index (χ4n) is 4.55. The lowest BCUT2D eigenvalue weighted by Crippen LogP contribution is -2.03. The fraction of sp³-hybridized carbons (Fsp3) is 0.286. The monoisotopic (exact) mass is 423 g/mol. The fourth-order valence-corrected chi connectivity index (χ4v) is 4.55. The third-order valence-corrected chi connectivity index (χ3v) is 6.07. The van der Waals surface area contributed by atoms with Crippen molar-refractivity contribution in [3.05, 3.63) is 77.7 Å². The van der Waals surface area contributed by atoms with Crippen LogP contribution in [-0.4, -0.2) is 14.5 Å². The predicted molar refractivity (Wildman–Crippen MR) is 131 cm³/mol. The number of furan rings is 1. The number of aromatic nitrogens is 3. The molecule has 0 aliphatic rings. The lowest BCUT2D eigenvalue weighted by molar-refractivity contribution is 0.621. The van der Waals surface area contributed by atoms with Gasteiger partial charge in [-0.05, 0) is 54.5 Å². The van der Waals surface area contributed by atoms with E-state index in [1.165, 1.54) is 5.56 Å². The molecule has 0 aliphatic heterocycles. The van der Waals surface area contributed by atoms with E-state index in [1.807, 2.05) is 12.4 Å². The average molecular weight is 424 g/mol. The maximum absolute atomic E-state index is 6.41. The first kappa shape index (κ1) is 20.5. The number of aryl methyl sites for hydroxylation is 1. The summed E-state index contributed by atoms with van der Waals surface area (Å²) >= 11 is 0. The van der Waals surface area contributed by atoms with Crippen LogP contribution in [0.3, 0.4) is 0 Å². The van der Waals surface area contributed by atoms with Gasteiger partial charge in [-0.25, -0.2) is 9.97 Å². The molecule has 4 nitrogen and oxygen atoms in total. The highest BCUT2D eigenvalue weighted by molar-refractivity contribution is 6.08. The SMILES string of the molecule is Cc1ccc2c(oc3nc(CC(C)C)ccc32)c1-c1nccn1-c1ccccc1C(C)C. The third-order valence-electron chi connectivity index (χ3n) is 6.07. The molecule has 3 aromatic heterocycles. The summed E-state index contributed by atoms with van der Waals surface area (Å²) in [4.78, 5) is 9.61. The van der Waals surface area contributed by atoms with Crippen LogP contribution in [0.2, 0.25) is 0 Å². The second-order valence-corrected chi connectivity index (χ2v) is 9.32. The van der Waals surface area contributed by atoms with Gasteiger partial charge in [0, 0.05) is 28.9 Å². The van der Waals surface area contributed by atoms with Gasteiger partial charge in [0.05, 0.1) is 11.3 Å². The molecule has 4 heteroatoms. The molecule has 32 heavy (non-hydrogen) atoms. The molecular weight excluding hydrogens is 394 g/mol. The van der Waals surface area contributed by atoms with Crippen molar-refractivity contribution in [1.82, 2.24) is 14.5 Å². The van der Waals surface area contributed by atoms with Crippen molar-refractivity contribution >= 4 is 22.1 Å². The van der Waals surface area contributed by atoms with E-state index < -0.39 is 0 Å². The second-order valence-electron chi connectivity index (χ2n) is 9.32. The second kappa shape index (κ2) is 7.94. The van der Waals surface area contributed by atoms with Crippen molar-refractivity contribution in [1.29, 1.82) is 0 Å². The first-order chi connectivity index (χ1) is 15.4. The molecule has 0 spiro atoms. The molecule has 0 saturated carbocycles. The Morgan fingerprint density at radius 2 is 1.72 bits per heavy atom. The van der Waals surface area contributed by atoms with Crippen LogP contribution >= 0.6 is 0 Å². The van der Waals surface area contributed by atoms with Crippen molar-refractivity contribution in [2.45, 2.75) is 47.0 Å². The molecule has 0 atom stereocenters. The average Bonchev–Trinajstić information content (AvgIpc) is 3.37. The minimum absolute atomic E-state index is 0.410. The van der Waals surface area contributed by atoms with Gasteiger partial charge in [0.1, 0.15) is 11.4 Å². The number of hydrogen-bond donors (Lipinski definition) is 0. The summed E-state index contributed by atoms with van der Waals surface area (Å²) in [6.45, 7) is 11.0. The van der Waals surface area contributed by atoms with Gasteiger partial charge >= 0.3 is 0 Å². The smallest absolute Gasteiger partial charge is 0.227 e. The first-order valence-electron chi connectivity index (χ1n) is 11.4. The van der Waals surface area contributed by atoms with Gasteiger partial charge in [-0.15, -0.1) is 0 Å². The highest BCUT2D eigenvalue weighted by Crippen LogP contribution is 2.38. The number of pyridine rings is 1. The Balaban J connectivity index is 1.74. The van der Waals surface area contributed by atoms with Crippen LogP contribution in [0.4, 0.5) is 0 Å². The van der Waals surface area contributed by atoms with Crippen LogP contribution in [0.5, 0.6) is 0 Å². The summed E-state index contributed by atoms with van der Waals surface area (Å²) in [5, 5.41) is 2.13. The maximum Gasteiger partial charge on any atom is 0.227 e. The van der Waals surface area contributed by atoms with Crippen molar-refractivity contribution in [3.63, 3.8) is 0 Å². The first-order valence-corrected chi connectivity index (χ1v) is 11.4. The number of hydrogen-bond acceptors (Lipinski definition) is 3. The largest absolute Gasteiger partial charge is 0.437 e. The molecule has 3 heterocycles. The van der Waals surface area contributed by atoms with Gasteiger partial charge in [-0.2, -0.15) is 0 Å². The van der Waals surface area contributed by atoms with Crippen molar-refractivity contribution < 1.29 is 4.42 Å². The Kier molecular flexibility index (Phi) is 5.09. The molecule has 0 saturated heterocycles. The van der Waals surface area contributed by atoms with Crippen LogP contribution < -0.4 is 0 Å². The Morgan fingerprint density at radius 3 is 2.50 bits per heavy atom. The zero-order valence-electron chi connectivity index (χ0n) is 19.4. The van der Waals surface area contributed by atoms with Crippen LogP contribution in [-0.2, 0) is 6.42 Å². The molecule has 0 radical (unpaired) electrons. The van der Waals surface area contributed by atoms with Gasteiger partial charge in [0.25, 0.3) is 0 Å². The Morgan fingerprint density at radius 1 is 0.938 bits per heavy atom. The Labute approximate surface area is 188 Å². The standard InChI is InChI=1S/C28H29N3O/c1-17(2)16-20-11-13-23-22-12-10-19(5)25(26(22)32-28(23)30-20)27-29-14-15-31(27)24-9-7-6-8-21(24)18(3)4/h6-15,17-18H,16H2,1-5H3. The summed E-state index contributed by atoms with van der Waals surface area (Å²) in [7, 11) is 0. The van der Waals surface area contributed by atoms with Crippen molar-refractivity contribution in [3.8, 4) is 17.1 Å². The number of imidazole rings is 1. The van der Waals surface area contributed by atoms with Gasteiger partial charge in [-0.1, -0.05) is 58.0 Å². The van der Waals surface area contributed by atoms with E-state index in [9.17, 15) is 0 Å². The van der Waals surface area contributed by atoms with Gasteiger partial charge in [0.15, 0.2) is 0 Å². The molecule has 0 fully saturated rings. The van der Waals surface area contributed by atoms with E-state index in [0.717, 1.165) is 51.1 Å². The lowest BCUT2D eigenvalue weighted by Gasteiger charge is -2.16. The van der Waals surface area contributed by atoms with Crippen LogP contribution in [0.15, 0.2) is 65.3 Å². The molecule has 0 N–H and O–H groups in total. The topological polar surface area (TPSA) is 43.9 Å². The summed E-state index contributed by atoms with van der Waals surface area (Å²) in [5.74, 6) is 1.85. The van der Waals surface area contributed by atoms with Crippen LogP contribution in [0.1, 0.15) is 50.4 Å². The third kappa shape index (κ3) is 3.40. The van der Waals surface area contributed by atoms with Crippen molar-refractivity contribution in [2.24, 2.45) is 5.92 Å². The quantitative estimate of drug-likeness (QED) is 0.294. The highest BCUT2D eigenvalue weighted by atomic mass is 16.3. The van der Waals surface area contributed by atoms with Crippen LogP contribution in [0, 0.1) is 12.8 Å². The summed E-state index contributed by atoms with van der Waals surface area (Å²) < 4.78 is 8.60. The summed E-state index contributed by atoms with van der Waals surface area (Å²) in [5.41, 5.74) is 7.22. The lowest BCUT2D eigenvalue weighted by atomic mass is 10.00. The van der Waals surface area contributed by atoms with E-state index in [4.69, 9.17) is 14.4 Å². The van der Waals surface area contributed by atoms with Gasteiger partial charge in [0.2, 0.25) is 5.71 Å². The number of para-hydroxylation sites is 1. The summed E-state index contributed by atoms with van der Waals surface area (Å²) in [6.07, 6.45) is 4.85. The van der Waals surface area contributed by atoms with E-state index in [-0.39, 0.29) is 0 Å². The molecule has 5 rings (SSSR count). The number of fused-ring (bicyclic) bond motifs is 3. The van der Waals surface area contributed by atoms with Crippen LogP contribution in [0.25, 0.3) is 39.1 Å². The van der Waals surface area contributed by atoms with E-state index >= 15 is 0 Å². The number of rotatable bonds is 5. The minimum Gasteiger partial charge on any atom is -0.437 e. The molecule has 0 bridgehead atoms. The van der Waals surface area contributed by atoms with E-state index in [1.54, 1.807) is 0 Å². The molecule has 0 amide bonds. The maximum atomic E-state index is 6.41. The Bertz CT molecular complexity index is 1420.